The predicted molar refractivity (Wildman–Crippen MR) is 79.3 cm³/mol. The van der Waals surface area contributed by atoms with E-state index in [0.717, 1.165) is 0 Å². The van der Waals surface area contributed by atoms with Gasteiger partial charge in [0, 0.05) is 10.0 Å². The summed E-state index contributed by atoms with van der Waals surface area (Å²) in [5, 5.41) is 0.0307. The first kappa shape index (κ1) is 15.4. The number of nitrogens with one attached hydrogen (secondary N) is 1. The van der Waals surface area contributed by atoms with Crippen LogP contribution >= 0.6 is 27.5 Å². The first-order valence-corrected chi connectivity index (χ1v) is 7.03. The van der Waals surface area contributed by atoms with Crippen molar-refractivity contribution in [2.24, 2.45) is 5.84 Å². The van der Waals surface area contributed by atoms with Crippen molar-refractivity contribution in [3.63, 3.8) is 0 Å². The molecular weight excluding hydrogens is 350 g/mol. The maximum Gasteiger partial charge on any atom is 0.146 e. The van der Waals surface area contributed by atoms with Gasteiger partial charge in [0.05, 0.1) is 11.1 Å². The zero-order valence-corrected chi connectivity index (χ0v) is 12.7. The van der Waals surface area contributed by atoms with Crippen molar-refractivity contribution < 1.29 is 8.78 Å². The molecule has 2 rings (SSSR count). The largest absolute Gasteiger partial charge is 0.271 e. The normalized spacial score (nSPS) is 12.4. The summed E-state index contributed by atoms with van der Waals surface area (Å²) in [5.41, 5.74) is 3.58. The van der Waals surface area contributed by atoms with Crippen LogP contribution in [-0.2, 0) is 6.42 Å². The maximum atomic E-state index is 14.0. The fourth-order valence-corrected chi connectivity index (χ4v) is 2.71. The van der Waals surface area contributed by atoms with Gasteiger partial charge < -0.3 is 0 Å². The molecule has 6 heteroatoms. The molecule has 0 aliphatic rings. The molecular formula is C14H12BrClF2N2. The van der Waals surface area contributed by atoms with Crippen LogP contribution in [0, 0.1) is 11.6 Å². The molecule has 0 aliphatic carbocycles. The Morgan fingerprint density at radius 1 is 1.25 bits per heavy atom. The molecule has 20 heavy (non-hydrogen) atoms. The van der Waals surface area contributed by atoms with E-state index in [1.54, 1.807) is 18.2 Å². The Labute approximate surface area is 129 Å². The van der Waals surface area contributed by atoms with E-state index >= 15 is 0 Å². The van der Waals surface area contributed by atoms with Crippen LogP contribution in [0.15, 0.2) is 40.9 Å². The molecule has 0 aromatic heterocycles. The summed E-state index contributed by atoms with van der Waals surface area (Å²) in [6, 6.07) is 8.71. The molecule has 0 aliphatic heterocycles. The maximum absolute atomic E-state index is 14.0. The summed E-state index contributed by atoms with van der Waals surface area (Å²) in [6.45, 7) is 0. The summed E-state index contributed by atoms with van der Waals surface area (Å²) < 4.78 is 28.0. The third-order valence-corrected chi connectivity index (χ3v) is 3.67. The minimum absolute atomic E-state index is 0.0307. The van der Waals surface area contributed by atoms with Crippen molar-refractivity contribution in [1.82, 2.24) is 5.43 Å². The number of nitrogens with two attached hydrogens (primary N) is 1. The van der Waals surface area contributed by atoms with Crippen molar-refractivity contribution in [1.29, 1.82) is 0 Å². The van der Waals surface area contributed by atoms with Crippen LogP contribution in [-0.4, -0.2) is 0 Å². The number of hydrogen-bond acceptors (Lipinski definition) is 2. The predicted octanol–water partition coefficient (Wildman–Crippen LogP) is 4.13. The summed E-state index contributed by atoms with van der Waals surface area (Å²) in [6.07, 6.45) is 0.337. The van der Waals surface area contributed by atoms with E-state index in [-0.39, 0.29) is 10.8 Å². The molecule has 2 nitrogen and oxygen atoms in total. The summed E-state index contributed by atoms with van der Waals surface area (Å²) in [7, 11) is 0. The van der Waals surface area contributed by atoms with Crippen LogP contribution in [0.25, 0.3) is 0 Å². The second-order valence-corrected chi connectivity index (χ2v) is 5.67. The lowest BCUT2D eigenvalue weighted by atomic mass is 9.99. The standard InChI is InChI=1S/C14H12BrClF2N2/c15-9-4-8(5-10(17)7-9)6-13(20-19)11-2-1-3-12(16)14(11)18/h1-5,7,13,20H,6,19H2. The molecule has 0 amide bonds. The second-order valence-electron chi connectivity index (χ2n) is 4.34. The SMILES string of the molecule is NNC(Cc1cc(F)cc(Br)c1)c1cccc(Cl)c1F. The summed E-state index contributed by atoms with van der Waals surface area (Å²) in [5.74, 6) is 4.60. The second kappa shape index (κ2) is 6.63. The van der Waals surface area contributed by atoms with Crippen LogP contribution < -0.4 is 11.3 Å². The van der Waals surface area contributed by atoms with Gasteiger partial charge in [-0.05, 0) is 36.2 Å². The molecule has 0 bridgehead atoms. The average Bonchev–Trinajstić information content (AvgIpc) is 2.38. The van der Waals surface area contributed by atoms with Gasteiger partial charge in [-0.25, -0.2) is 8.78 Å². The molecule has 106 valence electrons. The van der Waals surface area contributed by atoms with Crippen molar-refractivity contribution in [3.05, 3.63) is 68.7 Å². The zero-order chi connectivity index (χ0) is 14.7. The highest BCUT2D eigenvalue weighted by atomic mass is 79.9. The van der Waals surface area contributed by atoms with Crippen molar-refractivity contribution >= 4 is 27.5 Å². The number of benzene rings is 2. The average molecular weight is 362 g/mol. The highest BCUT2D eigenvalue weighted by molar-refractivity contribution is 9.10. The van der Waals surface area contributed by atoms with Crippen molar-refractivity contribution in [2.45, 2.75) is 12.5 Å². The minimum atomic E-state index is -0.521. The molecule has 1 atom stereocenters. The van der Waals surface area contributed by atoms with Gasteiger partial charge in [-0.1, -0.05) is 39.7 Å². The monoisotopic (exact) mass is 360 g/mol. The van der Waals surface area contributed by atoms with Gasteiger partial charge in [-0.3, -0.25) is 11.3 Å². The fourth-order valence-electron chi connectivity index (χ4n) is 2.01. The molecule has 0 saturated heterocycles. The first-order chi connectivity index (χ1) is 9.51. The molecule has 0 fully saturated rings. The van der Waals surface area contributed by atoms with Crippen molar-refractivity contribution in [2.75, 3.05) is 0 Å². The fraction of sp³-hybridized carbons (Fsp3) is 0.143. The van der Waals surface area contributed by atoms with E-state index in [2.05, 4.69) is 21.4 Å². The number of hydrazine groups is 1. The Balaban J connectivity index is 2.31. The summed E-state index contributed by atoms with van der Waals surface area (Å²) >= 11 is 8.98. The van der Waals surface area contributed by atoms with Gasteiger partial charge in [0.25, 0.3) is 0 Å². The number of hydrogen-bond donors (Lipinski definition) is 2. The molecule has 2 aromatic carbocycles. The van der Waals surface area contributed by atoms with Crippen LogP contribution in [0.5, 0.6) is 0 Å². The van der Waals surface area contributed by atoms with Gasteiger partial charge in [-0.15, -0.1) is 0 Å². The van der Waals surface area contributed by atoms with Crippen molar-refractivity contribution in [3.8, 4) is 0 Å². The Hall–Kier alpha value is -1.01. The zero-order valence-electron chi connectivity index (χ0n) is 10.3. The van der Waals surface area contributed by atoms with Gasteiger partial charge in [0.2, 0.25) is 0 Å². The lowest BCUT2D eigenvalue weighted by molar-refractivity contribution is 0.509. The number of halogens is 4. The molecule has 0 saturated carbocycles. The molecule has 0 heterocycles. The van der Waals surface area contributed by atoms with E-state index in [1.807, 2.05) is 0 Å². The smallest absolute Gasteiger partial charge is 0.146 e. The van der Waals surface area contributed by atoms with E-state index < -0.39 is 11.9 Å². The van der Waals surface area contributed by atoms with E-state index in [4.69, 9.17) is 17.4 Å². The Morgan fingerprint density at radius 2 is 2.00 bits per heavy atom. The van der Waals surface area contributed by atoms with Crippen LogP contribution in [0.3, 0.4) is 0 Å². The highest BCUT2D eigenvalue weighted by Gasteiger charge is 2.17. The van der Waals surface area contributed by atoms with Gasteiger partial charge >= 0.3 is 0 Å². The Bertz CT molecular complexity index is 602. The number of rotatable bonds is 4. The lowest BCUT2D eigenvalue weighted by Crippen LogP contribution is -2.30. The topological polar surface area (TPSA) is 38.0 Å². The molecule has 2 aromatic rings. The third-order valence-electron chi connectivity index (χ3n) is 2.92. The van der Waals surface area contributed by atoms with Crippen LogP contribution in [0.1, 0.15) is 17.2 Å². The molecule has 0 spiro atoms. The van der Waals surface area contributed by atoms with E-state index in [1.165, 1.54) is 18.2 Å². The van der Waals surface area contributed by atoms with Gasteiger partial charge in [-0.2, -0.15) is 0 Å². The third kappa shape index (κ3) is 3.55. The quantitative estimate of drug-likeness (QED) is 0.635. The highest BCUT2D eigenvalue weighted by Crippen LogP contribution is 2.26. The first-order valence-electron chi connectivity index (χ1n) is 5.86. The Morgan fingerprint density at radius 3 is 2.65 bits per heavy atom. The van der Waals surface area contributed by atoms with E-state index in [0.29, 0.717) is 22.0 Å². The van der Waals surface area contributed by atoms with E-state index in [9.17, 15) is 8.78 Å². The molecule has 1 unspecified atom stereocenters. The summed E-state index contributed by atoms with van der Waals surface area (Å²) in [4.78, 5) is 0. The minimum Gasteiger partial charge on any atom is -0.271 e. The lowest BCUT2D eigenvalue weighted by Gasteiger charge is -2.18. The van der Waals surface area contributed by atoms with Gasteiger partial charge in [0.1, 0.15) is 11.6 Å². The Kier molecular flexibility index (Phi) is 5.10. The molecule has 0 radical (unpaired) electrons. The van der Waals surface area contributed by atoms with Crippen LogP contribution in [0.2, 0.25) is 5.02 Å². The van der Waals surface area contributed by atoms with Crippen LogP contribution in [0.4, 0.5) is 8.78 Å². The molecule has 3 N–H and O–H groups in total. The van der Waals surface area contributed by atoms with Gasteiger partial charge in [0.15, 0.2) is 0 Å².